The molecule has 3 N–H and O–H groups in total. The van der Waals surface area contributed by atoms with Crippen molar-refractivity contribution in [3.8, 4) is 0 Å². The van der Waals surface area contributed by atoms with Gasteiger partial charge in [0.15, 0.2) is 5.69 Å². The van der Waals surface area contributed by atoms with Crippen molar-refractivity contribution in [1.29, 1.82) is 0 Å². The minimum Gasteiger partial charge on any atom is -0.385 e. The number of aromatic amines is 1. The lowest BCUT2D eigenvalue weighted by atomic mass is 10.2. The number of carbonyl (C=O) groups is 1. The summed E-state index contributed by atoms with van der Waals surface area (Å²) < 4.78 is 19.7. The average molecular weight is 452 g/mol. The summed E-state index contributed by atoms with van der Waals surface area (Å²) >= 11 is 0. The fraction of sp³-hybridized carbons (Fsp3) is 0.208. The molecule has 0 fully saturated rings. The van der Waals surface area contributed by atoms with Crippen molar-refractivity contribution in [3.63, 3.8) is 0 Å². The van der Waals surface area contributed by atoms with Gasteiger partial charge in [0.05, 0.1) is 6.54 Å². The first-order valence-electron chi connectivity index (χ1n) is 10.3. The number of nitrogens with one attached hydrogen (secondary N) is 1. The Morgan fingerprint density at radius 1 is 1.18 bits per heavy atom. The maximum Gasteiger partial charge on any atom is 0.330 e. The Bertz CT molecular complexity index is 1250. The van der Waals surface area contributed by atoms with Crippen molar-refractivity contribution in [2.45, 2.75) is 13.0 Å². The van der Waals surface area contributed by atoms with Crippen LogP contribution in [-0.2, 0) is 16.1 Å². The van der Waals surface area contributed by atoms with E-state index < -0.39 is 23.0 Å². The molecule has 0 radical (unpaired) electrons. The zero-order chi connectivity index (χ0) is 23.8. The summed E-state index contributed by atoms with van der Waals surface area (Å²) in [5.74, 6) is -1.11. The molecule has 33 heavy (non-hydrogen) atoms. The summed E-state index contributed by atoms with van der Waals surface area (Å²) in [5, 5.41) is 0. The molecule has 2 aromatic carbocycles. The molecule has 0 atom stereocenters. The first kappa shape index (κ1) is 23.7. The van der Waals surface area contributed by atoms with Crippen molar-refractivity contribution >= 4 is 23.5 Å². The molecule has 0 aliphatic carbocycles. The number of benzene rings is 2. The van der Waals surface area contributed by atoms with Crippen LogP contribution in [0, 0.1) is 5.82 Å². The Hall–Kier alpha value is -3.98. The number of nitrogen functional groups attached to an aromatic ring is 1. The summed E-state index contributed by atoms with van der Waals surface area (Å²) in [5.41, 5.74) is 5.95. The Morgan fingerprint density at radius 3 is 2.64 bits per heavy atom. The largest absolute Gasteiger partial charge is 0.385 e. The molecule has 0 spiro atoms. The Balaban J connectivity index is 2.00. The molecular formula is C24H25FN4O4. The molecule has 172 valence electrons. The van der Waals surface area contributed by atoms with Crippen LogP contribution in [0.25, 0.3) is 6.08 Å². The standard InChI is InChI=1S/C24H25FN4O4/c1-33-14-6-13-28(20(30)12-11-17-9-5-10-19(25)15-17)21-22(26)29(24(32)27-23(21)31)16-18-7-3-2-4-8-18/h2-5,7-12,15H,6,13-14,16,26H2,1H3,(H,27,31,32)/b12-11+. The quantitative estimate of drug-likeness (QED) is 0.383. The van der Waals surface area contributed by atoms with Gasteiger partial charge in [-0.25, -0.2) is 9.18 Å². The fourth-order valence-electron chi connectivity index (χ4n) is 3.33. The van der Waals surface area contributed by atoms with Crippen LogP contribution in [0.5, 0.6) is 0 Å². The van der Waals surface area contributed by atoms with E-state index in [-0.39, 0.29) is 24.6 Å². The van der Waals surface area contributed by atoms with Crippen LogP contribution >= 0.6 is 0 Å². The lowest BCUT2D eigenvalue weighted by Gasteiger charge is -2.23. The van der Waals surface area contributed by atoms with Crippen LogP contribution in [0.4, 0.5) is 15.9 Å². The molecule has 9 heteroatoms. The third-order valence-electron chi connectivity index (χ3n) is 4.93. The number of methoxy groups -OCH3 is 1. The third-order valence-corrected chi connectivity index (χ3v) is 4.93. The number of anilines is 2. The highest BCUT2D eigenvalue weighted by atomic mass is 19.1. The number of aromatic nitrogens is 2. The van der Waals surface area contributed by atoms with Gasteiger partial charge in [-0.3, -0.25) is 19.1 Å². The summed E-state index contributed by atoms with van der Waals surface area (Å²) in [6.07, 6.45) is 3.10. The molecular weight excluding hydrogens is 427 g/mol. The van der Waals surface area contributed by atoms with E-state index in [9.17, 15) is 18.8 Å². The van der Waals surface area contributed by atoms with Crippen LogP contribution in [-0.4, -0.2) is 35.7 Å². The van der Waals surface area contributed by atoms with E-state index in [2.05, 4.69) is 4.98 Å². The molecule has 1 aromatic heterocycles. The van der Waals surface area contributed by atoms with Crippen LogP contribution in [0.2, 0.25) is 0 Å². The Kier molecular flexibility index (Phi) is 7.93. The van der Waals surface area contributed by atoms with Gasteiger partial charge in [0.1, 0.15) is 11.6 Å². The summed E-state index contributed by atoms with van der Waals surface area (Å²) in [6.45, 7) is 0.588. The number of hydrogen-bond acceptors (Lipinski definition) is 5. The number of amides is 1. The maximum absolute atomic E-state index is 13.5. The van der Waals surface area contributed by atoms with E-state index in [0.29, 0.717) is 18.6 Å². The number of nitrogens with two attached hydrogens (primary N) is 1. The van der Waals surface area contributed by atoms with E-state index in [4.69, 9.17) is 10.5 Å². The van der Waals surface area contributed by atoms with Gasteiger partial charge in [-0.05, 0) is 35.8 Å². The lowest BCUT2D eigenvalue weighted by Crippen LogP contribution is -2.41. The minimum atomic E-state index is -0.772. The average Bonchev–Trinajstić information content (AvgIpc) is 2.80. The maximum atomic E-state index is 13.5. The van der Waals surface area contributed by atoms with Crippen LogP contribution < -0.4 is 21.9 Å². The zero-order valence-electron chi connectivity index (χ0n) is 18.2. The van der Waals surface area contributed by atoms with E-state index in [1.165, 1.54) is 46.9 Å². The SMILES string of the molecule is COCCCN(C(=O)/C=C/c1cccc(F)c1)c1c(N)n(Cc2ccccc2)c(=O)[nH]c1=O. The normalized spacial score (nSPS) is 11.1. The van der Waals surface area contributed by atoms with Crippen molar-refractivity contribution < 1.29 is 13.9 Å². The topological polar surface area (TPSA) is 110 Å². The third kappa shape index (κ3) is 6.05. The smallest absolute Gasteiger partial charge is 0.330 e. The number of carbonyl (C=O) groups excluding carboxylic acids is 1. The van der Waals surface area contributed by atoms with Crippen LogP contribution in [0.15, 0.2) is 70.3 Å². The summed E-state index contributed by atoms with van der Waals surface area (Å²) in [7, 11) is 1.53. The molecule has 0 aliphatic heterocycles. The first-order valence-corrected chi connectivity index (χ1v) is 10.3. The van der Waals surface area contributed by atoms with Crippen molar-refractivity contribution in [3.05, 3.63) is 98.5 Å². The van der Waals surface area contributed by atoms with Gasteiger partial charge in [-0.15, -0.1) is 0 Å². The number of halogens is 1. The highest BCUT2D eigenvalue weighted by Gasteiger charge is 2.23. The molecule has 0 saturated heterocycles. The summed E-state index contributed by atoms with van der Waals surface area (Å²) in [4.78, 5) is 41.7. The van der Waals surface area contributed by atoms with Crippen molar-refractivity contribution in [1.82, 2.24) is 9.55 Å². The number of hydrogen-bond donors (Lipinski definition) is 2. The molecule has 0 saturated carbocycles. The van der Waals surface area contributed by atoms with Crippen LogP contribution in [0.1, 0.15) is 17.5 Å². The lowest BCUT2D eigenvalue weighted by molar-refractivity contribution is -0.114. The number of ether oxygens (including phenoxy) is 1. The molecule has 0 aliphatic rings. The minimum absolute atomic E-state index is 0.120. The second-order valence-corrected chi connectivity index (χ2v) is 7.29. The number of H-pyrrole nitrogens is 1. The van der Waals surface area contributed by atoms with Gasteiger partial charge in [0.25, 0.3) is 11.5 Å². The molecule has 8 nitrogen and oxygen atoms in total. The van der Waals surface area contributed by atoms with Gasteiger partial charge in [0.2, 0.25) is 0 Å². The predicted octanol–water partition coefficient (Wildman–Crippen LogP) is 2.39. The van der Waals surface area contributed by atoms with E-state index >= 15 is 0 Å². The van der Waals surface area contributed by atoms with Gasteiger partial charge >= 0.3 is 5.69 Å². The van der Waals surface area contributed by atoms with Gasteiger partial charge < -0.3 is 15.4 Å². The second kappa shape index (κ2) is 11.1. The molecule has 3 rings (SSSR count). The highest BCUT2D eigenvalue weighted by Crippen LogP contribution is 2.19. The predicted molar refractivity (Wildman–Crippen MR) is 126 cm³/mol. The monoisotopic (exact) mass is 452 g/mol. The van der Waals surface area contributed by atoms with Crippen molar-refractivity contribution in [2.75, 3.05) is 30.9 Å². The van der Waals surface area contributed by atoms with Gasteiger partial charge in [-0.2, -0.15) is 0 Å². The number of rotatable bonds is 9. The van der Waals surface area contributed by atoms with Crippen molar-refractivity contribution in [2.24, 2.45) is 0 Å². The van der Waals surface area contributed by atoms with E-state index in [0.717, 1.165) is 5.56 Å². The zero-order valence-corrected chi connectivity index (χ0v) is 18.2. The van der Waals surface area contributed by atoms with Gasteiger partial charge in [-0.1, -0.05) is 42.5 Å². The molecule has 0 bridgehead atoms. The molecule has 1 heterocycles. The fourth-order valence-corrected chi connectivity index (χ4v) is 3.33. The Labute approximate surface area is 189 Å². The van der Waals surface area contributed by atoms with Crippen LogP contribution in [0.3, 0.4) is 0 Å². The van der Waals surface area contributed by atoms with E-state index in [1.54, 1.807) is 6.07 Å². The van der Waals surface area contributed by atoms with Gasteiger partial charge in [0, 0.05) is 26.3 Å². The second-order valence-electron chi connectivity index (χ2n) is 7.29. The molecule has 3 aromatic rings. The molecule has 1 amide bonds. The number of nitrogens with zero attached hydrogens (tertiary/aromatic N) is 2. The summed E-state index contributed by atoms with van der Waals surface area (Å²) in [6, 6.07) is 14.9. The van der Waals surface area contributed by atoms with E-state index in [1.807, 2.05) is 30.3 Å². The molecule has 0 unspecified atom stereocenters. The highest BCUT2D eigenvalue weighted by molar-refractivity contribution is 6.05. The Morgan fingerprint density at radius 2 is 1.94 bits per heavy atom. The first-order chi connectivity index (χ1) is 15.9.